The van der Waals surface area contributed by atoms with E-state index in [0.29, 0.717) is 0 Å². The van der Waals surface area contributed by atoms with Crippen molar-refractivity contribution < 1.29 is 32.6 Å². The third-order valence-corrected chi connectivity index (χ3v) is 3.57. The van der Waals surface area contributed by atoms with Gasteiger partial charge in [0.15, 0.2) is 0 Å². The molecule has 0 radical (unpaired) electrons. The van der Waals surface area contributed by atoms with E-state index >= 15 is 0 Å². The molecule has 0 saturated heterocycles. The molecule has 140 valence electrons. The van der Waals surface area contributed by atoms with Crippen molar-refractivity contribution in [1.82, 2.24) is 0 Å². The van der Waals surface area contributed by atoms with E-state index in [9.17, 15) is 9.59 Å². The highest BCUT2D eigenvalue weighted by Crippen LogP contribution is 2.09. The summed E-state index contributed by atoms with van der Waals surface area (Å²) in [7, 11) is 0. The standard InChI is InChI=1S/C20H18O7/c21-19(17-8-4-10-23-17)26-13-16(25-12-15-6-2-1-3-7-15)14-27-20(22)18-9-5-11-24-18/h1-11,16H,12-14H2. The number of benzene rings is 1. The summed E-state index contributed by atoms with van der Waals surface area (Å²) in [6.07, 6.45) is 2.11. The largest absolute Gasteiger partial charge is 0.457 e. The summed E-state index contributed by atoms with van der Waals surface area (Å²) in [5, 5.41) is 0. The van der Waals surface area contributed by atoms with Crippen molar-refractivity contribution in [3.05, 3.63) is 84.2 Å². The molecule has 2 heterocycles. The van der Waals surface area contributed by atoms with E-state index in [1.54, 1.807) is 12.1 Å². The summed E-state index contributed by atoms with van der Waals surface area (Å²) >= 11 is 0. The molecule has 0 fully saturated rings. The molecule has 0 amide bonds. The predicted molar refractivity (Wildman–Crippen MR) is 93.0 cm³/mol. The van der Waals surface area contributed by atoms with E-state index in [4.69, 9.17) is 23.0 Å². The molecule has 3 rings (SSSR count). The average Bonchev–Trinajstić information content (AvgIpc) is 3.41. The van der Waals surface area contributed by atoms with Crippen LogP contribution >= 0.6 is 0 Å². The maximum atomic E-state index is 11.9. The zero-order chi connectivity index (χ0) is 18.9. The first-order chi connectivity index (χ1) is 13.2. The predicted octanol–water partition coefficient (Wildman–Crippen LogP) is 3.47. The minimum absolute atomic E-state index is 0.0874. The lowest BCUT2D eigenvalue weighted by Gasteiger charge is -2.17. The van der Waals surface area contributed by atoms with Gasteiger partial charge in [0.1, 0.15) is 19.3 Å². The lowest BCUT2D eigenvalue weighted by atomic mass is 10.2. The van der Waals surface area contributed by atoms with Crippen LogP contribution in [0.25, 0.3) is 0 Å². The Hall–Kier alpha value is -3.32. The van der Waals surface area contributed by atoms with Crippen molar-refractivity contribution in [2.75, 3.05) is 13.2 Å². The molecule has 27 heavy (non-hydrogen) atoms. The van der Waals surface area contributed by atoms with E-state index < -0.39 is 18.0 Å². The fraction of sp³-hybridized carbons (Fsp3) is 0.200. The van der Waals surface area contributed by atoms with Crippen LogP contribution in [0.15, 0.2) is 76.0 Å². The maximum Gasteiger partial charge on any atom is 0.374 e. The van der Waals surface area contributed by atoms with Crippen LogP contribution in [0.5, 0.6) is 0 Å². The molecular formula is C20H18O7. The topological polar surface area (TPSA) is 88.1 Å². The van der Waals surface area contributed by atoms with Gasteiger partial charge in [0.25, 0.3) is 0 Å². The van der Waals surface area contributed by atoms with Crippen molar-refractivity contribution in [3.8, 4) is 0 Å². The molecule has 0 aliphatic carbocycles. The van der Waals surface area contributed by atoms with Gasteiger partial charge >= 0.3 is 11.9 Å². The smallest absolute Gasteiger partial charge is 0.374 e. The molecular weight excluding hydrogens is 352 g/mol. The van der Waals surface area contributed by atoms with Crippen LogP contribution in [0.3, 0.4) is 0 Å². The Labute approximate surface area is 155 Å². The highest BCUT2D eigenvalue weighted by Gasteiger charge is 2.19. The summed E-state index contributed by atoms with van der Waals surface area (Å²) in [6.45, 7) is 0.0811. The third kappa shape index (κ3) is 5.58. The summed E-state index contributed by atoms with van der Waals surface area (Å²) in [5.41, 5.74) is 0.942. The number of hydrogen-bond acceptors (Lipinski definition) is 7. The molecule has 0 aliphatic heterocycles. The van der Waals surface area contributed by atoms with Crippen molar-refractivity contribution in [3.63, 3.8) is 0 Å². The molecule has 0 atom stereocenters. The van der Waals surface area contributed by atoms with Gasteiger partial charge in [-0.15, -0.1) is 0 Å². The van der Waals surface area contributed by atoms with Crippen LogP contribution in [-0.4, -0.2) is 31.3 Å². The zero-order valence-electron chi connectivity index (χ0n) is 14.4. The number of rotatable bonds is 9. The van der Waals surface area contributed by atoms with E-state index in [1.165, 1.54) is 24.7 Å². The Balaban J connectivity index is 1.55. The number of furan rings is 2. The normalized spacial score (nSPS) is 10.7. The van der Waals surface area contributed by atoms with Gasteiger partial charge in [-0.2, -0.15) is 0 Å². The average molecular weight is 370 g/mol. The second-order valence-electron chi connectivity index (χ2n) is 5.57. The maximum absolute atomic E-state index is 11.9. The van der Waals surface area contributed by atoms with Gasteiger partial charge in [-0.25, -0.2) is 9.59 Å². The van der Waals surface area contributed by atoms with Gasteiger partial charge in [-0.1, -0.05) is 30.3 Å². The molecule has 0 bridgehead atoms. The van der Waals surface area contributed by atoms with Gasteiger partial charge in [0, 0.05) is 0 Å². The van der Waals surface area contributed by atoms with E-state index in [1.807, 2.05) is 30.3 Å². The van der Waals surface area contributed by atoms with Crippen molar-refractivity contribution in [1.29, 1.82) is 0 Å². The van der Waals surface area contributed by atoms with Gasteiger partial charge in [-0.3, -0.25) is 0 Å². The summed E-state index contributed by atoms with van der Waals surface area (Å²) < 4.78 is 26.1. The fourth-order valence-corrected chi connectivity index (χ4v) is 2.20. The summed E-state index contributed by atoms with van der Waals surface area (Å²) in [5.74, 6) is -1.06. The lowest BCUT2D eigenvalue weighted by molar-refractivity contribution is -0.0479. The van der Waals surface area contributed by atoms with Gasteiger partial charge < -0.3 is 23.0 Å². The van der Waals surface area contributed by atoms with Crippen LogP contribution in [0, 0.1) is 0 Å². The summed E-state index contributed by atoms with van der Waals surface area (Å²) in [4.78, 5) is 23.8. The molecule has 0 saturated carbocycles. The molecule has 0 N–H and O–H groups in total. The van der Waals surface area contributed by atoms with E-state index in [2.05, 4.69) is 0 Å². The highest BCUT2D eigenvalue weighted by molar-refractivity contribution is 5.86. The summed E-state index contributed by atoms with van der Waals surface area (Å²) in [6, 6.07) is 15.7. The van der Waals surface area contributed by atoms with Crippen LogP contribution in [0.4, 0.5) is 0 Å². The molecule has 1 aromatic carbocycles. The number of hydrogen-bond donors (Lipinski definition) is 0. The molecule has 2 aromatic heterocycles. The Bertz CT molecular complexity index is 772. The minimum atomic E-state index is -0.650. The second kappa shape index (κ2) is 9.40. The van der Waals surface area contributed by atoms with Crippen LogP contribution < -0.4 is 0 Å². The third-order valence-electron chi connectivity index (χ3n) is 3.57. The lowest BCUT2D eigenvalue weighted by Crippen LogP contribution is -2.28. The molecule has 0 spiro atoms. The van der Waals surface area contributed by atoms with Gasteiger partial charge in [0.05, 0.1) is 19.1 Å². The number of carbonyl (C=O) groups is 2. The zero-order valence-corrected chi connectivity index (χ0v) is 14.4. The Morgan fingerprint density at radius 2 is 1.33 bits per heavy atom. The quantitative estimate of drug-likeness (QED) is 0.533. The SMILES string of the molecule is O=C(OCC(COC(=O)c1ccco1)OCc1ccccc1)c1ccco1. The number of ether oxygens (including phenoxy) is 3. The molecule has 7 nitrogen and oxygen atoms in total. The molecule has 7 heteroatoms. The van der Waals surface area contributed by atoms with Crippen LogP contribution in [0.2, 0.25) is 0 Å². The van der Waals surface area contributed by atoms with Crippen molar-refractivity contribution >= 4 is 11.9 Å². The van der Waals surface area contributed by atoms with Gasteiger partial charge in [-0.05, 0) is 29.8 Å². The van der Waals surface area contributed by atoms with Crippen LogP contribution in [0.1, 0.15) is 26.7 Å². The first-order valence-electron chi connectivity index (χ1n) is 8.29. The number of esters is 2. The molecule has 0 aliphatic rings. The van der Waals surface area contributed by atoms with Gasteiger partial charge in [0.2, 0.25) is 11.5 Å². The Kier molecular flexibility index (Phi) is 6.43. The monoisotopic (exact) mass is 370 g/mol. The Morgan fingerprint density at radius 3 is 1.81 bits per heavy atom. The van der Waals surface area contributed by atoms with E-state index in [0.717, 1.165) is 5.56 Å². The van der Waals surface area contributed by atoms with E-state index in [-0.39, 0.29) is 31.3 Å². The van der Waals surface area contributed by atoms with Crippen molar-refractivity contribution in [2.45, 2.75) is 12.7 Å². The minimum Gasteiger partial charge on any atom is -0.457 e. The molecule has 3 aromatic rings. The second-order valence-corrected chi connectivity index (χ2v) is 5.57. The number of carbonyl (C=O) groups excluding carboxylic acids is 2. The highest BCUT2D eigenvalue weighted by atomic mass is 16.6. The van der Waals surface area contributed by atoms with Crippen molar-refractivity contribution in [2.24, 2.45) is 0 Å². The first-order valence-corrected chi connectivity index (χ1v) is 8.29. The fourth-order valence-electron chi connectivity index (χ4n) is 2.20. The molecule has 0 unspecified atom stereocenters. The first kappa shape index (κ1) is 18.5. The Morgan fingerprint density at radius 1 is 0.778 bits per heavy atom. The van der Waals surface area contributed by atoms with Crippen LogP contribution in [-0.2, 0) is 20.8 Å².